The Morgan fingerprint density at radius 3 is 2.36 bits per heavy atom. The van der Waals surface area contributed by atoms with E-state index in [9.17, 15) is 4.79 Å². The molecule has 36 heavy (non-hydrogen) atoms. The Labute approximate surface area is 214 Å². The molecule has 2 N–H and O–H groups in total. The predicted octanol–water partition coefficient (Wildman–Crippen LogP) is 5.48. The van der Waals surface area contributed by atoms with Crippen LogP contribution in [0.25, 0.3) is 28.3 Å². The van der Waals surface area contributed by atoms with Crippen LogP contribution in [0.15, 0.2) is 91.1 Å². The molecule has 0 aliphatic rings. The Morgan fingerprint density at radius 2 is 1.64 bits per heavy atom. The van der Waals surface area contributed by atoms with Gasteiger partial charge in [0.1, 0.15) is 0 Å². The molecule has 0 saturated heterocycles. The maximum Gasteiger partial charge on any atom is 0.222 e. The second-order valence-electron chi connectivity index (χ2n) is 8.55. The quantitative estimate of drug-likeness (QED) is 0.280. The van der Waals surface area contributed by atoms with Crippen LogP contribution in [0, 0.1) is 11.7 Å². The molecular weight excluding hydrogens is 468 g/mol. The summed E-state index contributed by atoms with van der Waals surface area (Å²) in [5, 5.41) is 15.1. The van der Waals surface area contributed by atoms with E-state index in [1.807, 2.05) is 107 Å². The largest absolute Gasteiger partial charge is 0.352 e. The summed E-state index contributed by atoms with van der Waals surface area (Å²) in [5.74, 6) is 0.655. The minimum absolute atomic E-state index is 0.0700. The standard InChI is InChI=1S/C28H26N6OS/c1-20-12-14-22(15-13-20)27-30-31-28(36)33(27)17-16-25(35)29-18-23-19-34(24-10-6-3-7-11-24)32-26(23)21-8-4-2-5-9-21/h2-15,19H,16-18H2,1H3,(H,29,35)(H,31,36). The van der Waals surface area contributed by atoms with Gasteiger partial charge in [-0.05, 0) is 31.3 Å². The topological polar surface area (TPSA) is 80.5 Å². The second-order valence-corrected chi connectivity index (χ2v) is 8.93. The Kier molecular flexibility index (Phi) is 6.86. The number of aromatic amines is 1. The van der Waals surface area contributed by atoms with Crippen LogP contribution in [0.2, 0.25) is 0 Å². The molecule has 0 bridgehead atoms. The van der Waals surface area contributed by atoms with Crippen LogP contribution in [0.1, 0.15) is 17.5 Å². The van der Waals surface area contributed by atoms with Gasteiger partial charge in [-0.1, -0.05) is 78.4 Å². The zero-order chi connectivity index (χ0) is 24.9. The molecule has 0 saturated carbocycles. The summed E-state index contributed by atoms with van der Waals surface area (Å²) >= 11 is 5.41. The molecule has 5 rings (SSSR count). The van der Waals surface area contributed by atoms with E-state index in [0.717, 1.165) is 33.9 Å². The van der Waals surface area contributed by atoms with Gasteiger partial charge >= 0.3 is 0 Å². The number of para-hydroxylation sites is 1. The van der Waals surface area contributed by atoms with Crippen molar-refractivity contribution in [2.75, 3.05) is 0 Å². The first-order chi connectivity index (χ1) is 17.6. The summed E-state index contributed by atoms with van der Waals surface area (Å²) in [4.78, 5) is 12.8. The van der Waals surface area contributed by atoms with Crippen molar-refractivity contribution in [3.63, 3.8) is 0 Å². The Morgan fingerprint density at radius 1 is 0.944 bits per heavy atom. The summed E-state index contributed by atoms with van der Waals surface area (Å²) in [7, 11) is 0. The lowest BCUT2D eigenvalue weighted by molar-refractivity contribution is -0.121. The number of rotatable bonds is 8. The van der Waals surface area contributed by atoms with Gasteiger partial charge < -0.3 is 5.32 Å². The number of amides is 1. The van der Waals surface area contributed by atoms with Crippen molar-refractivity contribution < 1.29 is 4.79 Å². The number of aromatic nitrogens is 5. The van der Waals surface area contributed by atoms with E-state index in [1.165, 1.54) is 5.56 Å². The van der Waals surface area contributed by atoms with Crippen LogP contribution in [0.5, 0.6) is 0 Å². The van der Waals surface area contributed by atoms with Crippen LogP contribution >= 0.6 is 12.2 Å². The summed E-state index contributed by atoms with van der Waals surface area (Å²) < 4.78 is 4.21. The smallest absolute Gasteiger partial charge is 0.222 e. The molecule has 180 valence electrons. The van der Waals surface area contributed by atoms with Crippen LogP contribution in [-0.4, -0.2) is 30.5 Å². The summed E-state index contributed by atoms with van der Waals surface area (Å²) in [6.07, 6.45) is 2.25. The third-order valence-electron chi connectivity index (χ3n) is 5.96. The third kappa shape index (κ3) is 5.18. The van der Waals surface area contributed by atoms with Crippen molar-refractivity contribution in [1.82, 2.24) is 29.9 Å². The van der Waals surface area contributed by atoms with E-state index >= 15 is 0 Å². The van der Waals surface area contributed by atoms with Crippen LogP contribution in [0.4, 0.5) is 0 Å². The molecule has 1 amide bonds. The number of nitrogens with zero attached hydrogens (tertiary/aromatic N) is 4. The van der Waals surface area contributed by atoms with Gasteiger partial charge in [-0.3, -0.25) is 14.5 Å². The molecule has 0 fully saturated rings. The molecule has 0 spiro atoms. The van der Waals surface area contributed by atoms with E-state index < -0.39 is 0 Å². The number of hydrogen-bond acceptors (Lipinski definition) is 4. The van der Waals surface area contributed by atoms with Gasteiger partial charge in [-0.25, -0.2) is 4.68 Å². The summed E-state index contributed by atoms with van der Waals surface area (Å²) in [6, 6.07) is 28.0. The third-order valence-corrected chi connectivity index (χ3v) is 6.28. The molecule has 2 aromatic heterocycles. The fraction of sp³-hybridized carbons (Fsp3) is 0.143. The lowest BCUT2D eigenvalue weighted by atomic mass is 10.1. The molecule has 2 heterocycles. The zero-order valence-corrected chi connectivity index (χ0v) is 20.7. The Hall–Kier alpha value is -4.30. The van der Waals surface area contributed by atoms with E-state index in [-0.39, 0.29) is 12.3 Å². The first-order valence-electron chi connectivity index (χ1n) is 11.8. The minimum atomic E-state index is -0.0700. The number of benzene rings is 3. The van der Waals surface area contributed by atoms with E-state index in [4.69, 9.17) is 17.3 Å². The Balaban J connectivity index is 1.30. The second kappa shape index (κ2) is 10.5. The van der Waals surface area contributed by atoms with E-state index in [2.05, 4.69) is 15.5 Å². The van der Waals surface area contributed by atoms with Gasteiger partial charge in [0, 0.05) is 42.4 Å². The molecule has 5 aromatic rings. The van der Waals surface area contributed by atoms with Crippen molar-refractivity contribution in [2.24, 2.45) is 0 Å². The number of carbonyl (C=O) groups is 1. The van der Waals surface area contributed by atoms with Crippen molar-refractivity contribution in [1.29, 1.82) is 0 Å². The lowest BCUT2D eigenvalue weighted by Crippen LogP contribution is -2.24. The zero-order valence-electron chi connectivity index (χ0n) is 19.9. The van der Waals surface area contributed by atoms with Crippen LogP contribution in [-0.2, 0) is 17.9 Å². The molecule has 0 atom stereocenters. The van der Waals surface area contributed by atoms with E-state index in [0.29, 0.717) is 17.9 Å². The van der Waals surface area contributed by atoms with Crippen molar-refractivity contribution in [2.45, 2.75) is 26.4 Å². The molecular formula is C28H26N6OS. The van der Waals surface area contributed by atoms with Crippen molar-refractivity contribution >= 4 is 18.1 Å². The summed E-state index contributed by atoms with van der Waals surface area (Å²) in [6.45, 7) is 2.84. The van der Waals surface area contributed by atoms with E-state index in [1.54, 1.807) is 0 Å². The molecule has 3 aromatic carbocycles. The first-order valence-corrected chi connectivity index (χ1v) is 12.2. The van der Waals surface area contributed by atoms with Gasteiger partial charge in [0.05, 0.1) is 11.4 Å². The number of nitrogens with one attached hydrogen (secondary N) is 2. The highest BCUT2D eigenvalue weighted by molar-refractivity contribution is 7.71. The van der Waals surface area contributed by atoms with Crippen LogP contribution in [0.3, 0.4) is 0 Å². The number of H-pyrrole nitrogens is 1. The minimum Gasteiger partial charge on any atom is -0.352 e. The molecule has 7 nitrogen and oxygen atoms in total. The first kappa shape index (κ1) is 23.4. The average Bonchev–Trinajstić information content (AvgIpc) is 3.51. The maximum atomic E-state index is 12.8. The normalized spacial score (nSPS) is 10.9. The van der Waals surface area contributed by atoms with Crippen molar-refractivity contribution in [3.8, 4) is 28.3 Å². The van der Waals surface area contributed by atoms with Gasteiger partial charge in [0.15, 0.2) is 10.6 Å². The fourth-order valence-electron chi connectivity index (χ4n) is 4.03. The van der Waals surface area contributed by atoms with Crippen LogP contribution < -0.4 is 5.32 Å². The highest BCUT2D eigenvalue weighted by Crippen LogP contribution is 2.24. The highest BCUT2D eigenvalue weighted by Gasteiger charge is 2.14. The molecule has 0 aliphatic heterocycles. The number of carbonyl (C=O) groups excluding carboxylic acids is 1. The molecule has 8 heteroatoms. The number of hydrogen-bond donors (Lipinski definition) is 2. The Bertz CT molecular complexity index is 1520. The molecule has 0 radical (unpaired) electrons. The van der Waals surface area contributed by atoms with Gasteiger partial charge in [-0.15, -0.1) is 0 Å². The van der Waals surface area contributed by atoms with Crippen molar-refractivity contribution in [3.05, 3.63) is 107 Å². The average molecular weight is 495 g/mol. The van der Waals surface area contributed by atoms with Gasteiger partial charge in [0.25, 0.3) is 0 Å². The van der Waals surface area contributed by atoms with Gasteiger partial charge in [0.2, 0.25) is 5.91 Å². The van der Waals surface area contributed by atoms with Gasteiger partial charge in [-0.2, -0.15) is 10.2 Å². The SMILES string of the molecule is Cc1ccc(-c2n[nH]c(=S)n2CCC(=O)NCc2cn(-c3ccccc3)nc2-c2ccccc2)cc1. The lowest BCUT2D eigenvalue weighted by Gasteiger charge is -2.08. The molecule has 0 unspecified atom stereocenters. The molecule has 0 aliphatic carbocycles. The monoisotopic (exact) mass is 494 g/mol. The highest BCUT2D eigenvalue weighted by atomic mass is 32.1. The number of aryl methyl sites for hydroxylation is 1. The summed E-state index contributed by atoms with van der Waals surface area (Å²) in [5.41, 5.74) is 5.88. The fourth-order valence-corrected chi connectivity index (χ4v) is 4.26. The predicted molar refractivity (Wildman–Crippen MR) is 143 cm³/mol. The maximum absolute atomic E-state index is 12.8.